The second-order valence-electron chi connectivity index (χ2n) is 6.69. The molecule has 0 fully saturated rings. The Hall–Kier alpha value is -2.80. The van der Waals surface area contributed by atoms with Crippen LogP contribution in [0.4, 0.5) is 11.4 Å². The Balaban J connectivity index is 1.83. The molecule has 0 bridgehead atoms. The van der Waals surface area contributed by atoms with Crippen molar-refractivity contribution in [1.82, 2.24) is 5.32 Å². The molecule has 6 nitrogen and oxygen atoms in total. The second-order valence-corrected chi connectivity index (χ2v) is 8.02. The number of hydrogen-bond donors (Lipinski definition) is 3. The first kappa shape index (κ1) is 22.5. The second kappa shape index (κ2) is 11.3. The van der Waals surface area contributed by atoms with Gasteiger partial charge in [-0.1, -0.05) is 30.7 Å². The average molecular weight is 414 g/mol. The van der Waals surface area contributed by atoms with Crippen molar-refractivity contribution in [3.05, 3.63) is 59.7 Å². The Kier molecular flexibility index (Phi) is 8.73. The molecule has 29 heavy (non-hydrogen) atoms. The predicted octanol–water partition coefficient (Wildman–Crippen LogP) is 3.83. The van der Waals surface area contributed by atoms with Crippen LogP contribution in [0.15, 0.2) is 48.5 Å². The topological polar surface area (TPSA) is 87.3 Å². The summed E-state index contributed by atoms with van der Waals surface area (Å²) in [5.41, 5.74) is 2.90. The minimum atomic E-state index is -0.420. The van der Waals surface area contributed by atoms with Crippen LogP contribution < -0.4 is 16.0 Å². The summed E-state index contributed by atoms with van der Waals surface area (Å²) in [4.78, 5) is 36.5. The lowest BCUT2D eigenvalue weighted by molar-refractivity contribution is -0.115. The van der Waals surface area contributed by atoms with Crippen molar-refractivity contribution in [3.63, 3.8) is 0 Å². The highest BCUT2D eigenvalue weighted by molar-refractivity contribution is 8.01. The molecule has 3 amide bonds. The van der Waals surface area contributed by atoms with Crippen LogP contribution in [0.25, 0.3) is 0 Å². The number of rotatable bonds is 9. The monoisotopic (exact) mass is 413 g/mol. The minimum absolute atomic E-state index is 0.159. The number of benzene rings is 2. The molecule has 0 aliphatic heterocycles. The molecule has 0 aromatic heterocycles. The van der Waals surface area contributed by atoms with Crippen molar-refractivity contribution in [2.24, 2.45) is 0 Å². The quantitative estimate of drug-likeness (QED) is 0.583. The molecule has 0 saturated heterocycles. The molecule has 154 valence electrons. The van der Waals surface area contributed by atoms with E-state index in [1.807, 2.05) is 38.1 Å². The van der Waals surface area contributed by atoms with Gasteiger partial charge in [-0.15, -0.1) is 11.8 Å². The van der Waals surface area contributed by atoms with Gasteiger partial charge in [-0.3, -0.25) is 14.4 Å². The number of carbonyl (C=O) groups excluding carboxylic acids is 3. The first-order valence-electron chi connectivity index (χ1n) is 9.56. The van der Waals surface area contributed by atoms with Crippen LogP contribution in [-0.4, -0.2) is 35.3 Å². The molecule has 0 saturated carbocycles. The first-order chi connectivity index (χ1) is 13.9. The number of amides is 3. The van der Waals surface area contributed by atoms with E-state index in [0.29, 0.717) is 17.8 Å². The lowest BCUT2D eigenvalue weighted by Crippen LogP contribution is -2.26. The molecule has 0 aliphatic rings. The molecule has 1 atom stereocenters. The third kappa shape index (κ3) is 7.62. The van der Waals surface area contributed by atoms with Gasteiger partial charge in [0.15, 0.2) is 0 Å². The van der Waals surface area contributed by atoms with Crippen molar-refractivity contribution in [2.45, 2.75) is 32.4 Å². The summed E-state index contributed by atoms with van der Waals surface area (Å²) in [5, 5.41) is 8.00. The fraction of sp³-hybridized carbons (Fsp3) is 0.318. The summed E-state index contributed by atoms with van der Waals surface area (Å²) in [5.74, 6) is -0.377. The van der Waals surface area contributed by atoms with Gasteiger partial charge >= 0.3 is 0 Å². The minimum Gasteiger partial charge on any atom is -0.352 e. The Labute approximate surface area is 175 Å². The molecular formula is C22H27N3O3S. The number of anilines is 2. The highest BCUT2D eigenvalue weighted by Gasteiger charge is 2.16. The van der Waals surface area contributed by atoms with Crippen molar-refractivity contribution in [1.29, 1.82) is 0 Å². The van der Waals surface area contributed by atoms with Crippen LogP contribution in [0.2, 0.25) is 0 Å². The normalized spacial score (nSPS) is 11.4. The van der Waals surface area contributed by atoms with Crippen LogP contribution in [-0.2, 0) is 9.59 Å². The lowest BCUT2D eigenvalue weighted by Gasteiger charge is -2.13. The number of aryl methyl sites for hydroxylation is 1. The molecule has 0 heterocycles. The van der Waals surface area contributed by atoms with E-state index < -0.39 is 5.25 Å². The van der Waals surface area contributed by atoms with Crippen molar-refractivity contribution < 1.29 is 14.4 Å². The molecule has 3 N–H and O–H groups in total. The highest BCUT2D eigenvalue weighted by atomic mass is 32.2. The van der Waals surface area contributed by atoms with Gasteiger partial charge in [0.05, 0.1) is 11.0 Å². The van der Waals surface area contributed by atoms with E-state index >= 15 is 0 Å². The van der Waals surface area contributed by atoms with E-state index in [-0.39, 0.29) is 23.5 Å². The number of thioether (sulfide) groups is 1. The molecule has 2 rings (SSSR count). The van der Waals surface area contributed by atoms with Crippen LogP contribution in [0.1, 0.15) is 36.2 Å². The Morgan fingerprint density at radius 2 is 1.72 bits per heavy atom. The third-order valence-corrected chi connectivity index (χ3v) is 5.24. The van der Waals surface area contributed by atoms with Gasteiger partial charge in [0.1, 0.15) is 0 Å². The summed E-state index contributed by atoms with van der Waals surface area (Å²) in [6.07, 6.45) is 0.856. The Morgan fingerprint density at radius 1 is 1.00 bits per heavy atom. The number of nitrogens with one attached hydrogen (secondary N) is 3. The SMILES string of the molecule is CCCNC(=O)c1cccc(NC(=O)C(C)SCC(=O)Nc2ccc(C)cc2)c1. The summed E-state index contributed by atoms with van der Waals surface area (Å²) < 4.78 is 0. The Morgan fingerprint density at radius 3 is 2.41 bits per heavy atom. The van der Waals surface area contributed by atoms with Gasteiger partial charge in [-0.05, 0) is 50.6 Å². The maximum Gasteiger partial charge on any atom is 0.251 e. The number of carbonyl (C=O) groups is 3. The van der Waals surface area contributed by atoms with Crippen LogP contribution in [0.5, 0.6) is 0 Å². The fourth-order valence-corrected chi connectivity index (χ4v) is 3.12. The molecule has 7 heteroatoms. The van der Waals surface area contributed by atoms with Crippen molar-refractivity contribution in [2.75, 3.05) is 22.9 Å². The van der Waals surface area contributed by atoms with Gasteiger partial charge < -0.3 is 16.0 Å². The zero-order chi connectivity index (χ0) is 21.2. The molecule has 2 aromatic carbocycles. The van der Waals surface area contributed by atoms with Crippen molar-refractivity contribution >= 4 is 40.9 Å². The Bertz CT molecular complexity index is 853. The van der Waals surface area contributed by atoms with Gasteiger partial charge in [0.25, 0.3) is 5.91 Å². The largest absolute Gasteiger partial charge is 0.352 e. The van der Waals surface area contributed by atoms with Crippen LogP contribution in [0.3, 0.4) is 0 Å². The summed E-state index contributed by atoms with van der Waals surface area (Å²) in [6.45, 7) is 6.32. The molecule has 1 unspecified atom stereocenters. The van der Waals surface area contributed by atoms with Gasteiger partial charge in [0.2, 0.25) is 11.8 Å². The van der Waals surface area contributed by atoms with Crippen molar-refractivity contribution in [3.8, 4) is 0 Å². The van der Waals surface area contributed by atoms with E-state index in [0.717, 1.165) is 17.7 Å². The van der Waals surface area contributed by atoms with E-state index in [4.69, 9.17) is 0 Å². The fourth-order valence-electron chi connectivity index (χ4n) is 2.43. The molecule has 0 aliphatic carbocycles. The van der Waals surface area contributed by atoms with E-state index in [1.165, 1.54) is 11.8 Å². The van der Waals surface area contributed by atoms with Gasteiger partial charge in [-0.25, -0.2) is 0 Å². The van der Waals surface area contributed by atoms with Crippen LogP contribution in [0, 0.1) is 6.92 Å². The zero-order valence-corrected chi connectivity index (χ0v) is 17.8. The summed E-state index contributed by atoms with van der Waals surface area (Å²) in [6, 6.07) is 14.3. The van der Waals surface area contributed by atoms with E-state index in [2.05, 4.69) is 16.0 Å². The maximum absolute atomic E-state index is 12.4. The van der Waals surface area contributed by atoms with Gasteiger partial charge in [0, 0.05) is 23.5 Å². The zero-order valence-electron chi connectivity index (χ0n) is 17.0. The lowest BCUT2D eigenvalue weighted by atomic mass is 10.2. The molecule has 2 aromatic rings. The molecule has 0 radical (unpaired) electrons. The summed E-state index contributed by atoms with van der Waals surface area (Å²) in [7, 11) is 0. The molecule has 0 spiro atoms. The molecular weight excluding hydrogens is 386 g/mol. The first-order valence-corrected chi connectivity index (χ1v) is 10.6. The predicted molar refractivity (Wildman–Crippen MR) is 119 cm³/mol. The smallest absolute Gasteiger partial charge is 0.251 e. The third-order valence-electron chi connectivity index (χ3n) is 4.10. The maximum atomic E-state index is 12.4. The standard InChI is InChI=1S/C22H27N3O3S/c1-4-12-23-22(28)17-6-5-7-19(13-17)25-21(27)16(3)29-14-20(26)24-18-10-8-15(2)9-11-18/h5-11,13,16H,4,12,14H2,1-3H3,(H,23,28)(H,24,26)(H,25,27). The number of hydrogen-bond acceptors (Lipinski definition) is 4. The van der Waals surface area contributed by atoms with E-state index in [9.17, 15) is 14.4 Å². The summed E-state index contributed by atoms with van der Waals surface area (Å²) >= 11 is 1.25. The highest BCUT2D eigenvalue weighted by Crippen LogP contribution is 2.16. The van der Waals surface area contributed by atoms with E-state index in [1.54, 1.807) is 31.2 Å². The van der Waals surface area contributed by atoms with Crippen LogP contribution >= 0.6 is 11.8 Å². The van der Waals surface area contributed by atoms with Gasteiger partial charge in [-0.2, -0.15) is 0 Å². The average Bonchev–Trinajstić information content (AvgIpc) is 2.72.